The Morgan fingerprint density at radius 3 is 2.70 bits per heavy atom. The average Bonchev–Trinajstić information content (AvgIpc) is 2.79. The minimum atomic E-state index is -0.201. The van der Waals surface area contributed by atoms with Gasteiger partial charge in [-0.2, -0.15) is 0 Å². The molecule has 0 bridgehead atoms. The van der Waals surface area contributed by atoms with Crippen LogP contribution in [0.5, 0.6) is 0 Å². The Morgan fingerprint density at radius 2 is 2.05 bits per heavy atom. The Morgan fingerprint density at radius 1 is 1.30 bits per heavy atom. The second kappa shape index (κ2) is 6.21. The van der Waals surface area contributed by atoms with E-state index in [1.807, 2.05) is 38.1 Å². The first-order valence-electron chi connectivity index (χ1n) is 7.39. The first kappa shape index (κ1) is 14.8. The molecule has 20 heavy (non-hydrogen) atoms. The molecule has 0 N–H and O–H groups in total. The number of carbonyl (C=O) groups is 1. The predicted octanol–water partition coefficient (Wildman–Crippen LogP) is 4.01. The van der Waals surface area contributed by atoms with E-state index in [2.05, 4.69) is 11.9 Å². The van der Waals surface area contributed by atoms with Crippen molar-refractivity contribution >= 4 is 11.7 Å². The first-order valence-corrected chi connectivity index (χ1v) is 7.39. The molecule has 3 heteroatoms. The molecule has 0 aliphatic carbocycles. The van der Waals surface area contributed by atoms with Crippen molar-refractivity contribution in [3.63, 3.8) is 0 Å². The van der Waals surface area contributed by atoms with Gasteiger partial charge in [0.15, 0.2) is 5.78 Å². The van der Waals surface area contributed by atoms with Crippen LogP contribution in [0.3, 0.4) is 0 Å². The molecule has 0 spiro atoms. The minimum absolute atomic E-state index is 0.185. The van der Waals surface area contributed by atoms with Gasteiger partial charge in [0.2, 0.25) is 5.90 Å². The fourth-order valence-corrected chi connectivity index (χ4v) is 2.31. The molecule has 3 nitrogen and oxygen atoms in total. The number of nitrogens with zero attached hydrogens (tertiary/aromatic N) is 1. The van der Waals surface area contributed by atoms with Crippen molar-refractivity contribution in [1.29, 1.82) is 0 Å². The maximum absolute atomic E-state index is 12.3. The highest BCUT2D eigenvalue weighted by atomic mass is 16.5. The van der Waals surface area contributed by atoms with E-state index >= 15 is 0 Å². The summed E-state index contributed by atoms with van der Waals surface area (Å²) in [7, 11) is 0. The number of carbonyl (C=O) groups excluding carboxylic acids is 1. The molecular formula is C17H23NO2. The number of benzene rings is 1. The van der Waals surface area contributed by atoms with Gasteiger partial charge >= 0.3 is 0 Å². The lowest BCUT2D eigenvalue weighted by molar-refractivity contribution is 0.0979. The van der Waals surface area contributed by atoms with Crippen LogP contribution in [0.25, 0.3) is 0 Å². The molecule has 0 unspecified atom stereocenters. The number of Topliss-reactive ketones (excluding diaryl/α,β-unsaturated/α-hetero) is 1. The molecule has 108 valence electrons. The maximum atomic E-state index is 12.3. The number of rotatable bonds is 6. The van der Waals surface area contributed by atoms with E-state index in [9.17, 15) is 4.79 Å². The summed E-state index contributed by atoms with van der Waals surface area (Å²) >= 11 is 0. The molecule has 0 atom stereocenters. The zero-order valence-electron chi connectivity index (χ0n) is 12.6. The number of aliphatic imine (C=N–C) groups is 1. The SMILES string of the molecule is CCCCCC(=O)c1ccccc1C1=NC(C)(C)CO1. The largest absolute Gasteiger partial charge is 0.475 e. The Kier molecular flexibility index (Phi) is 4.58. The summed E-state index contributed by atoms with van der Waals surface area (Å²) in [6.07, 6.45) is 3.77. The zero-order chi connectivity index (χ0) is 14.6. The van der Waals surface area contributed by atoms with Gasteiger partial charge in [-0.25, -0.2) is 4.99 Å². The van der Waals surface area contributed by atoms with Crippen LogP contribution in [0.2, 0.25) is 0 Å². The lowest BCUT2D eigenvalue weighted by atomic mass is 9.99. The highest BCUT2D eigenvalue weighted by molar-refractivity contribution is 6.08. The van der Waals surface area contributed by atoms with Gasteiger partial charge in [-0.05, 0) is 26.3 Å². The second-order valence-electron chi connectivity index (χ2n) is 5.94. The van der Waals surface area contributed by atoms with Gasteiger partial charge in [-0.15, -0.1) is 0 Å². The van der Waals surface area contributed by atoms with E-state index in [1.54, 1.807) is 0 Å². The van der Waals surface area contributed by atoms with Crippen molar-refractivity contribution in [1.82, 2.24) is 0 Å². The summed E-state index contributed by atoms with van der Waals surface area (Å²) in [5, 5.41) is 0. The average molecular weight is 273 g/mol. The van der Waals surface area contributed by atoms with Crippen molar-refractivity contribution in [2.24, 2.45) is 4.99 Å². The molecule has 0 saturated heterocycles. The van der Waals surface area contributed by atoms with Crippen molar-refractivity contribution in [3.05, 3.63) is 35.4 Å². The Bertz CT molecular complexity index is 517. The van der Waals surface area contributed by atoms with Crippen LogP contribution < -0.4 is 0 Å². The quantitative estimate of drug-likeness (QED) is 0.580. The van der Waals surface area contributed by atoms with Crippen LogP contribution in [-0.2, 0) is 4.74 Å². The molecule has 2 rings (SSSR count). The van der Waals surface area contributed by atoms with Gasteiger partial charge in [0, 0.05) is 17.5 Å². The molecule has 0 aromatic heterocycles. The normalized spacial score (nSPS) is 16.6. The van der Waals surface area contributed by atoms with E-state index in [1.165, 1.54) is 0 Å². The van der Waals surface area contributed by atoms with Gasteiger partial charge < -0.3 is 4.74 Å². The summed E-state index contributed by atoms with van der Waals surface area (Å²) in [6.45, 7) is 6.78. The third-order valence-corrected chi connectivity index (χ3v) is 3.43. The van der Waals surface area contributed by atoms with Gasteiger partial charge in [0.05, 0.1) is 5.54 Å². The standard InChI is InChI=1S/C17H23NO2/c1-4-5-6-11-15(19)13-9-7-8-10-14(13)16-18-17(2,3)12-20-16/h7-10H,4-6,11-12H2,1-3H3. The van der Waals surface area contributed by atoms with Crippen LogP contribution in [0.1, 0.15) is 62.4 Å². The van der Waals surface area contributed by atoms with Crippen LogP contribution in [-0.4, -0.2) is 23.8 Å². The Hall–Kier alpha value is -1.64. The van der Waals surface area contributed by atoms with E-state index in [0.717, 1.165) is 30.4 Å². The second-order valence-corrected chi connectivity index (χ2v) is 5.94. The lowest BCUT2D eigenvalue weighted by Crippen LogP contribution is -2.17. The first-order chi connectivity index (χ1) is 9.53. The number of ketones is 1. The molecule has 1 heterocycles. The smallest absolute Gasteiger partial charge is 0.217 e. The van der Waals surface area contributed by atoms with Gasteiger partial charge in [-0.3, -0.25) is 4.79 Å². The topological polar surface area (TPSA) is 38.7 Å². The lowest BCUT2D eigenvalue weighted by Gasteiger charge is -2.08. The monoisotopic (exact) mass is 273 g/mol. The molecule has 1 aliphatic rings. The molecule has 1 aromatic rings. The number of hydrogen-bond acceptors (Lipinski definition) is 3. The van der Waals surface area contributed by atoms with E-state index in [-0.39, 0.29) is 11.3 Å². The van der Waals surface area contributed by atoms with Crippen LogP contribution in [0.4, 0.5) is 0 Å². The predicted molar refractivity (Wildman–Crippen MR) is 81.5 cm³/mol. The molecule has 1 aromatic carbocycles. The summed E-state index contributed by atoms with van der Waals surface area (Å²) in [4.78, 5) is 16.9. The Labute approximate surface area is 121 Å². The van der Waals surface area contributed by atoms with Crippen LogP contribution in [0.15, 0.2) is 29.3 Å². The van der Waals surface area contributed by atoms with Crippen molar-refractivity contribution in [2.75, 3.05) is 6.61 Å². The van der Waals surface area contributed by atoms with E-state index in [0.29, 0.717) is 18.9 Å². The summed E-state index contributed by atoms with van der Waals surface area (Å²) in [5.41, 5.74) is 1.37. The number of ether oxygens (including phenoxy) is 1. The maximum Gasteiger partial charge on any atom is 0.217 e. The zero-order valence-corrected chi connectivity index (χ0v) is 12.6. The van der Waals surface area contributed by atoms with Crippen LogP contribution >= 0.6 is 0 Å². The third-order valence-electron chi connectivity index (χ3n) is 3.43. The van der Waals surface area contributed by atoms with Gasteiger partial charge in [0.1, 0.15) is 6.61 Å². The van der Waals surface area contributed by atoms with E-state index in [4.69, 9.17) is 4.74 Å². The summed E-state index contributed by atoms with van der Waals surface area (Å²) < 4.78 is 5.67. The molecule has 0 radical (unpaired) electrons. The number of unbranched alkanes of at least 4 members (excludes halogenated alkanes) is 2. The fourth-order valence-electron chi connectivity index (χ4n) is 2.31. The molecule has 0 amide bonds. The summed E-state index contributed by atoms with van der Waals surface area (Å²) in [6, 6.07) is 7.63. The summed E-state index contributed by atoms with van der Waals surface area (Å²) in [5.74, 6) is 0.791. The van der Waals surface area contributed by atoms with Crippen molar-refractivity contribution in [2.45, 2.75) is 52.0 Å². The number of hydrogen-bond donors (Lipinski definition) is 0. The molecular weight excluding hydrogens is 250 g/mol. The van der Waals surface area contributed by atoms with Crippen LogP contribution in [0, 0.1) is 0 Å². The molecule has 0 fully saturated rings. The minimum Gasteiger partial charge on any atom is -0.475 e. The third kappa shape index (κ3) is 3.47. The van der Waals surface area contributed by atoms with Gasteiger partial charge in [-0.1, -0.05) is 38.0 Å². The fraction of sp³-hybridized carbons (Fsp3) is 0.529. The molecule has 0 saturated carbocycles. The highest BCUT2D eigenvalue weighted by Crippen LogP contribution is 2.23. The van der Waals surface area contributed by atoms with Crippen molar-refractivity contribution < 1.29 is 9.53 Å². The highest BCUT2D eigenvalue weighted by Gasteiger charge is 2.28. The van der Waals surface area contributed by atoms with E-state index < -0.39 is 0 Å². The Balaban J connectivity index is 2.21. The van der Waals surface area contributed by atoms with Crippen molar-refractivity contribution in [3.8, 4) is 0 Å². The van der Waals surface area contributed by atoms with Gasteiger partial charge in [0.25, 0.3) is 0 Å². The molecule has 1 aliphatic heterocycles.